The fourth-order valence-corrected chi connectivity index (χ4v) is 4.53. The van der Waals surface area contributed by atoms with Crippen LogP contribution in [0.4, 0.5) is 0 Å². The van der Waals surface area contributed by atoms with Crippen molar-refractivity contribution in [2.75, 3.05) is 34.0 Å². The van der Waals surface area contributed by atoms with Crippen LogP contribution in [0.5, 0.6) is 5.75 Å². The number of rotatable bonds is 10. The quantitative estimate of drug-likeness (QED) is 0.462. The second-order valence-electron chi connectivity index (χ2n) is 8.65. The van der Waals surface area contributed by atoms with Gasteiger partial charge in [0.2, 0.25) is 0 Å². The number of benzene rings is 1. The lowest BCUT2D eigenvalue weighted by Gasteiger charge is -2.56. The molecule has 6 nitrogen and oxygen atoms in total. The third-order valence-corrected chi connectivity index (χ3v) is 6.54. The number of carbonyl (C=O) groups excluding carboxylic acids is 1. The Hall–Kier alpha value is -1.89. The third kappa shape index (κ3) is 4.82. The average molecular weight is 404 g/mol. The van der Waals surface area contributed by atoms with Crippen LogP contribution in [0, 0.1) is 17.3 Å². The fraction of sp³-hybridized carbons (Fsp3) is 0.609. The summed E-state index contributed by atoms with van der Waals surface area (Å²) in [5.74, 6) is 1.50. The number of esters is 1. The van der Waals surface area contributed by atoms with E-state index in [1.165, 1.54) is 26.2 Å². The van der Waals surface area contributed by atoms with Gasteiger partial charge in [0.1, 0.15) is 11.3 Å². The molecule has 6 heteroatoms. The number of aliphatic hydroxyl groups is 1. The highest BCUT2D eigenvalue weighted by atomic mass is 16.5. The van der Waals surface area contributed by atoms with E-state index < -0.39 is 12.1 Å². The van der Waals surface area contributed by atoms with Crippen molar-refractivity contribution in [3.05, 3.63) is 41.0 Å². The van der Waals surface area contributed by atoms with Gasteiger partial charge < -0.3 is 24.6 Å². The van der Waals surface area contributed by atoms with Crippen molar-refractivity contribution >= 4 is 5.97 Å². The largest absolute Gasteiger partial charge is 0.496 e. The van der Waals surface area contributed by atoms with Gasteiger partial charge in [-0.25, -0.2) is 4.79 Å². The van der Waals surface area contributed by atoms with Crippen molar-refractivity contribution in [2.45, 2.75) is 39.3 Å². The van der Waals surface area contributed by atoms with Gasteiger partial charge in [-0.1, -0.05) is 26.0 Å². The van der Waals surface area contributed by atoms with Gasteiger partial charge in [-0.05, 0) is 53.4 Å². The summed E-state index contributed by atoms with van der Waals surface area (Å²) in [4.78, 5) is 11.9. The lowest BCUT2D eigenvalue weighted by Crippen LogP contribution is -2.48. The van der Waals surface area contributed by atoms with Crippen LogP contribution < -0.4 is 10.1 Å². The maximum atomic E-state index is 11.9. The van der Waals surface area contributed by atoms with E-state index in [1.807, 2.05) is 6.07 Å². The standard InChI is InChI=1S/C23H33NO5/c1-23(2)17-7-6-16(20(23)10-17)13-29-14-18(25)12-24-11-15-5-8-21(27-3)19(9-15)22(26)28-4/h5-6,8-9,17-18,20,24-25H,7,10-14H2,1-4H3/t17-,18+,20-/m0/s1. The Kier molecular flexibility index (Phi) is 6.98. The SMILES string of the molecule is COC(=O)c1cc(CNC[C@@H](O)COCC2=CC[C@H]3C[C@@H]2C3(C)C)ccc1OC. The number of hydrogen-bond acceptors (Lipinski definition) is 6. The summed E-state index contributed by atoms with van der Waals surface area (Å²) in [6.07, 6.45) is 4.18. The van der Waals surface area contributed by atoms with Crippen LogP contribution in [-0.2, 0) is 16.0 Å². The molecule has 0 aliphatic heterocycles. The van der Waals surface area contributed by atoms with E-state index in [0.717, 1.165) is 17.9 Å². The predicted molar refractivity (Wildman–Crippen MR) is 111 cm³/mol. The zero-order valence-electron chi connectivity index (χ0n) is 17.9. The molecule has 2 N–H and O–H groups in total. The Morgan fingerprint density at radius 1 is 1.34 bits per heavy atom. The Morgan fingerprint density at radius 3 is 2.79 bits per heavy atom. The van der Waals surface area contributed by atoms with E-state index in [9.17, 15) is 9.90 Å². The van der Waals surface area contributed by atoms with Crippen LogP contribution in [-0.4, -0.2) is 51.2 Å². The molecular formula is C23H33NO5. The highest BCUT2D eigenvalue weighted by Crippen LogP contribution is 2.59. The van der Waals surface area contributed by atoms with Crippen molar-refractivity contribution in [1.82, 2.24) is 5.32 Å². The Morgan fingerprint density at radius 2 is 2.14 bits per heavy atom. The van der Waals surface area contributed by atoms with Gasteiger partial charge in [0, 0.05) is 13.1 Å². The fourth-order valence-electron chi connectivity index (χ4n) is 4.53. The first-order valence-electron chi connectivity index (χ1n) is 10.3. The summed E-state index contributed by atoms with van der Waals surface area (Å²) in [6, 6.07) is 5.36. The summed E-state index contributed by atoms with van der Waals surface area (Å²) < 4.78 is 15.8. The molecule has 3 atom stereocenters. The molecule has 1 aromatic carbocycles. The number of aliphatic hydroxyl groups excluding tert-OH is 1. The second-order valence-corrected chi connectivity index (χ2v) is 8.65. The number of fused-ring (bicyclic) bond motifs is 1. The summed E-state index contributed by atoms with van der Waals surface area (Å²) in [7, 11) is 2.86. The highest BCUT2D eigenvalue weighted by molar-refractivity contribution is 5.92. The minimum Gasteiger partial charge on any atom is -0.496 e. The molecule has 3 aliphatic rings. The number of methoxy groups -OCH3 is 2. The van der Waals surface area contributed by atoms with Crippen LogP contribution in [0.15, 0.2) is 29.8 Å². The van der Waals surface area contributed by atoms with Gasteiger partial charge in [-0.15, -0.1) is 0 Å². The molecule has 1 saturated carbocycles. The predicted octanol–water partition coefficient (Wildman–Crippen LogP) is 2.94. The van der Waals surface area contributed by atoms with Crippen LogP contribution in [0.3, 0.4) is 0 Å². The molecule has 0 saturated heterocycles. The Balaban J connectivity index is 1.40. The van der Waals surface area contributed by atoms with Crippen LogP contribution in [0.25, 0.3) is 0 Å². The Bertz CT molecular complexity index is 758. The second kappa shape index (κ2) is 9.28. The lowest BCUT2D eigenvalue weighted by atomic mass is 9.49. The van der Waals surface area contributed by atoms with Gasteiger partial charge in [0.05, 0.1) is 33.5 Å². The number of allylic oxidation sites excluding steroid dienone is 1. The maximum absolute atomic E-state index is 11.9. The lowest BCUT2D eigenvalue weighted by molar-refractivity contribution is -0.0235. The topological polar surface area (TPSA) is 77.0 Å². The summed E-state index contributed by atoms with van der Waals surface area (Å²) in [6.45, 7) is 6.55. The van der Waals surface area contributed by atoms with Crippen molar-refractivity contribution in [3.8, 4) is 5.75 Å². The minimum atomic E-state index is -0.584. The van der Waals surface area contributed by atoms with Gasteiger partial charge in [-0.3, -0.25) is 0 Å². The summed E-state index contributed by atoms with van der Waals surface area (Å²) in [5, 5.41) is 13.4. The molecule has 0 heterocycles. The molecule has 0 aromatic heterocycles. The summed E-state index contributed by atoms with van der Waals surface area (Å²) >= 11 is 0. The molecule has 4 rings (SSSR count). The molecule has 0 amide bonds. The molecule has 29 heavy (non-hydrogen) atoms. The van der Waals surface area contributed by atoms with Gasteiger partial charge in [0.15, 0.2) is 0 Å². The van der Waals surface area contributed by atoms with Crippen LogP contribution >= 0.6 is 0 Å². The summed E-state index contributed by atoms with van der Waals surface area (Å²) in [5.41, 5.74) is 3.09. The molecule has 0 radical (unpaired) electrons. The third-order valence-electron chi connectivity index (χ3n) is 6.54. The molecule has 1 aromatic rings. The molecule has 0 unspecified atom stereocenters. The molecule has 2 bridgehead atoms. The van der Waals surface area contributed by atoms with Gasteiger partial charge in [0.25, 0.3) is 0 Å². The number of ether oxygens (including phenoxy) is 3. The van der Waals surface area contributed by atoms with Crippen molar-refractivity contribution in [3.63, 3.8) is 0 Å². The van der Waals surface area contributed by atoms with Crippen LogP contribution in [0.2, 0.25) is 0 Å². The van der Waals surface area contributed by atoms with E-state index in [-0.39, 0.29) is 0 Å². The molecule has 0 spiro atoms. The number of hydrogen-bond donors (Lipinski definition) is 2. The number of carbonyl (C=O) groups is 1. The zero-order valence-corrected chi connectivity index (χ0v) is 17.9. The van der Waals surface area contributed by atoms with E-state index in [0.29, 0.717) is 48.9 Å². The normalized spacial score (nSPS) is 23.0. The van der Waals surface area contributed by atoms with Gasteiger partial charge >= 0.3 is 5.97 Å². The first kappa shape index (κ1) is 21.8. The van der Waals surface area contributed by atoms with Gasteiger partial charge in [-0.2, -0.15) is 0 Å². The number of nitrogens with one attached hydrogen (secondary N) is 1. The molecule has 1 fully saturated rings. The molecular weight excluding hydrogens is 370 g/mol. The van der Waals surface area contributed by atoms with E-state index in [1.54, 1.807) is 12.1 Å². The Labute approximate surface area is 173 Å². The maximum Gasteiger partial charge on any atom is 0.341 e. The monoisotopic (exact) mass is 403 g/mol. The average Bonchev–Trinajstić information content (AvgIpc) is 2.73. The van der Waals surface area contributed by atoms with Crippen molar-refractivity contribution in [1.29, 1.82) is 0 Å². The van der Waals surface area contributed by atoms with Crippen LogP contribution in [0.1, 0.15) is 42.6 Å². The van der Waals surface area contributed by atoms with Crippen molar-refractivity contribution in [2.24, 2.45) is 17.3 Å². The van der Waals surface area contributed by atoms with Crippen molar-refractivity contribution < 1.29 is 24.1 Å². The first-order chi connectivity index (χ1) is 13.9. The van der Waals surface area contributed by atoms with E-state index in [2.05, 4.69) is 25.2 Å². The van der Waals surface area contributed by atoms with E-state index in [4.69, 9.17) is 14.2 Å². The zero-order chi connectivity index (χ0) is 21.0. The molecule has 3 aliphatic carbocycles. The highest BCUT2D eigenvalue weighted by Gasteiger charge is 2.50. The van der Waals surface area contributed by atoms with E-state index >= 15 is 0 Å². The first-order valence-corrected chi connectivity index (χ1v) is 10.3. The smallest absolute Gasteiger partial charge is 0.341 e. The molecule has 160 valence electrons. The minimum absolute atomic E-state index is 0.303.